The van der Waals surface area contributed by atoms with Gasteiger partial charge in [0.2, 0.25) is 0 Å². The Bertz CT molecular complexity index is 255. The van der Waals surface area contributed by atoms with Crippen LogP contribution in [0.5, 0.6) is 0 Å². The number of ether oxygens (including phenoxy) is 1. The van der Waals surface area contributed by atoms with Crippen molar-refractivity contribution < 1.29 is 9.53 Å². The molecular weight excluding hydrogens is 144 g/mol. The van der Waals surface area contributed by atoms with Crippen molar-refractivity contribution in [3.8, 4) is 0 Å². The molecule has 4 nitrogen and oxygen atoms in total. The first-order valence-electron chi connectivity index (χ1n) is 3.22. The van der Waals surface area contributed by atoms with E-state index in [4.69, 9.17) is 0 Å². The molecule has 0 bridgehead atoms. The Balaban J connectivity index is 2.80. The van der Waals surface area contributed by atoms with Gasteiger partial charge in [0, 0.05) is 13.2 Å². The van der Waals surface area contributed by atoms with E-state index in [0.29, 0.717) is 5.69 Å². The molecule has 60 valence electrons. The monoisotopic (exact) mass is 154 g/mol. The number of hydrogen-bond acceptors (Lipinski definition) is 3. The number of H-pyrrole nitrogens is 1. The predicted octanol–water partition coefficient (Wildman–Crippen LogP) is 0.843. The van der Waals surface area contributed by atoms with Gasteiger partial charge in [0.15, 0.2) is 0 Å². The topological polar surface area (TPSA) is 54.1 Å². The third-order valence-corrected chi connectivity index (χ3v) is 1.38. The van der Waals surface area contributed by atoms with Gasteiger partial charge in [-0.1, -0.05) is 0 Å². The van der Waals surface area contributed by atoms with Gasteiger partial charge in [0.25, 0.3) is 0 Å². The summed E-state index contributed by atoms with van der Waals surface area (Å²) < 4.78 is 4.50. The zero-order valence-electron chi connectivity index (χ0n) is 6.47. The Morgan fingerprint density at radius 2 is 2.45 bits per heavy atom. The first-order chi connectivity index (χ1) is 5.27. The van der Waals surface area contributed by atoms with Crippen molar-refractivity contribution in [2.24, 2.45) is 0 Å². The van der Waals surface area contributed by atoms with Crippen LogP contribution in [0, 0.1) is 0 Å². The second-order valence-electron chi connectivity index (χ2n) is 2.04. The van der Waals surface area contributed by atoms with Gasteiger partial charge in [-0.2, -0.15) is 0 Å². The maximum absolute atomic E-state index is 10.9. The number of methoxy groups -OCH3 is 1. The smallest absolute Gasteiger partial charge is 0.354 e. The van der Waals surface area contributed by atoms with Gasteiger partial charge in [-0.3, -0.25) is 0 Å². The Kier molecular flexibility index (Phi) is 2.15. The first kappa shape index (κ1) is 7.65. The Morgan fingerprint density at radius 3 is 2.91 bits per heavy atom. The lowest BCUT2D eigenvalue weighted by Crippen LogP contribution is -2.00. The summed E-state index contributed by atoms with van der Waals surface area (Å²) in [5.74, 6) is -0.355. The summed E-state index contributed by atoms with van der Waals surface area (Å²) in [7, 11) is 3.13. The molecule has 0 aliphatic rings. The highest BCUT2D eigenvalue weighted by molar-refractivity contribution is 5.88. The van der Waals surface area contributed by atoms with Crippen LogP contribution in [0.1, 0.15) is 10.5 Å². The standard InChI is InChI=1S/C7H10N2O2/c1-8-5-3-6(9-4-5)7(10)11-2/h3-4,8-9H,1-2H3. The molecule has 2 N–H and O–H groups in total. The molecular formula is C7H10N2O2. The van der Waals surface area contributed by atoms with Gasteiger partial charge >= 0.3 is 5.97 Å². The Hall–Kier alpha value is -1.45. The van der Waals surface area contributed by atoms with E-state index in [9.17, 15) is 4.79 Å². The number of aromatic amines is 1. The Labute approximate surface area is 64.6 Å². The van der Waals surface area contributed by atoms with E-state index in [1.165, 1.54) is 7.11 Å². The third-order valence-electron chi connectivity index (χ3n) is 1.38. The number of carbonyl (C=O) groups excluding carboxylic acids is 1. The fourth-order valence-electron chi connectivity index (χ4n) is 0.766. The second kappa shape index (κ2) is 3.09. The van der Waals surface area contributed by atoms with Gasteiger partial charge in [-0.05, 0) is 6.07 Å². The highest BCUT2D eigenvalue weighted by Gasteiger charge is 2.06. The van der Waals surface area contributed by atoms with E-state index in [1.807, 2.05) is 0 Å². The molecule has 0 unspecified atom stereocenters. The minimum atomic E-state index is -0.355. The highest BCUT2D eigenvalue weighted by atomic mass is 16.5. The van der Waals surface area contributed by atoms with Crippen LogP contribution in [0.25, 0.3) is 0 Å². The molecule has 1 aromatic heterocycles. The predicted molar refractivity (Wildman–Crippen MR) is 41.7 cm³/mol. The minimum Gasteiger partial charge on any atom is -0.464 e. The molecule has 0 aliphatic carbocycles. The van der Waals surface area contributed by atoms with Gasteiger partial charge in [0.1, 0.15) is 5.69 Å². The summed E-state index contributed by atoms with van der Waals surface area (Å²) in [6.45, 7) is 0. The molecule has 0 aromatic carbocycles. The minimum absolute atomic E-state index is 0.355. The van der Waals surface area contributed by atoms with Gasteiger partial charge in [-0.25, -0.2) is 4.79 Å². The van der Waals surface area contributed by atoms with Crippen molar-refractivity contribution in [2.45, 2.75) is 0 Å². The SMILES string of the molecule is CNc1c[nH]c(C(=O)OC)c1. The molecule has 0 atom stereocenters. The fourth-order valence-corrected chi connectivity index (χ4v) is 0.766. The Morgan fingerprint density at radius 1 is 1.73 bits per heavy atom. The maximum Gasteiger partial charge on any atom is 0.354 e. The van der Waals surface area contributed by atoms with Crippen molar-refractivity contribution in [1.82, 2.24) is 4.98 Å². The first-order valence-corrected chi connectivity index (χ1v) is 3.22. The maximum atomic E-state index is 10.9. The molecule has 4 heteroatoms. The van der Waals surface area contributed by atoms with Crippen molar-refractivity contribution in [1.29, 1.82) is 0 Å². The van der Waals surface area contributed by atoms with E-state index in [-0.39, 0.29) is 5.97 Å². The molecule has 0 radical (unpaired) electrons. The summed E-state index contributed by atoms with van der Waals surface area (Å²) in [4.78, 5) is 13.6. The van der Waals surface area contributed by atoms with Crippen LogP contribution in [-0.4, -0.2) is 25.1 Å². The van der Waals surface area contributed by atoms with Crippen LogP contribution in [0.3, 0.4) is 0 Å². The van der Waals surface area contributed by atoms with E-state index in [1.54, 1.807) is 19.3 Å². The van der Waals surface area contributed by atoms with Crippen LogP contribution < -0.4 is 5.32 Å². The van der Waals surface area contributed by atoms with E-state index < -0.39 is 0 Å². The molecule has 1 aromatic rings. The van der Waals surface area contributed by atoms with Crippen molar-refractivity contribution in [2.75, 3.05) is 19.5 Å². The lowest BCUT2D eigenvalue weighted by Gasteiger charge is -1.92. The molecule has 0 spiro atoms. The molecule has 1 heterocycles. The lowest BCUT2D eigenvalue weighted by atomic mass is 10.4. The fraction of sp³-hybridized carbons (Fsp3) is 0.286. The summed E-state index contributed by atoms with van der Waals surface area (Å²) in [5, 5.41) is 2.89. The number of nitrogens with one attached hydrogen (secondary N) is 2. The quantitative estimate of drug-likeness (QED) is 0.621. The zero-order valence-corrected chi connectivity index (χ0v) is 6.47. The van der Waals surface area contributed by atoms with Crippen molar-refractivity contribution >= 4 is 11.7 Å². The average Bonchev–Trinajstić information content (AvgIpc) is 2.50. The van der Waals surface area contributed by atoms with E-state index >= 15 is 0 Å². The van der Waals surface area contributed by atoms with Crippen molar-refractivity contribution in [3.05, 3.63) is 18.0 Å². The summed E-state index contributed by atoms with van der Waals surface area (Å²) in [5.41, 5.74) is 1.32. The van der Waals surface area contributed by atoms with Crippen LogP contribution in [0.15, 0.2) is 12.3 Å². The highest BCUT2D eigenvalue weighted by Crippen LogP contribution is 2.08. The van der Waals surface area contributed by atoms with Crippen LogP contribution in [-0.2, 0) is 4.74 Å². The summed E-state index contributed by atoms with van der Waals surface area (Å²) in [6, 6.07) is 1.69. The molecule has 0 fully saturated rings. The normalized spacial score (nSPS) is 9.27. The summed E-state index contributed by atoms with van der Waals surface area (Å²) in [6.07, 6.45) is 1.70. The number of rotatable bonds is 2. The largest absolute Gasteiger partial charge is 0.464 e. The van der Waals surface area contributed by atoms with Crippen molar-refractivity contribution in [3.63, 3.8) is 0 Å². The van der Waals surface area contributed by atoms with Crippen LogP contribution in [0.4, 0.5) is 5.69 Å². The number of carbonyl (C=O) groups is 1. The lowest BCUT2D eigenvalue weighted by molar-refractivity contribution is 0.0595. The molecule has 1 rings (SSSR count). The van der Waals surface area contributed by atoms with Gasteiger partial charge in [0.05, 0.1) is 12.8 Å². The number of aromatic nitrogens is 1. The second-order valence-corrected chi connectivity index (χ2v) is 2.04. The zero-order chi connectivity index (χ0) is 8.27. The van der Waals surface area contributed by atoms with Crippen LogP contribution >= 0.6 is 0 Å². The molecule has 11 heavy (non-hydrogen) atoms. The summed E-state index contributed by atoms with van der Waals surface area (Å²) >= 11 is 0. The number of hydrogen-bond donors (Lipinski definition) is 2. The van der Waals surface area contributed by atoms with Gasteiger partial charge in [-0.15, -0.1) is 0 Å². The average molecular weight is 154 g/mol. The van der Waals surface area contributed by atoms with E-state index in [0.717, 1.165) is 5.69 Å². The molecule has 0 saturated heterocycles. The van der Waals surface area contributed by atoms with Gasteiger partial charge < -0.3 is 15.0 Å². The molecule has 0 aliphatic heterocycles. The van der Waals surface area contributed by atoms with E-state index in [2.05, 4.69) is 15.0 Å². The number of anilines is 1. The molecule has 0 amide bonds. The number of esters is 1. The van der Waals surface area contributed by atoms with Crippen LogP contribution in [0.2, 0.25) is 0 Å². The third kappa shape index (κ3) is 1.52. The molecule has 0 saturated carbocycles.